The fourth-order valence-electron chi connectivity index (χ4n) is 4.36. The molecular weight excluding hydrogens is 736 g/mol. The van der Waals surface area contributed by atoms with E-state index in [1.54, 1.807) is 0 Å². The first-order valence-corrected chi connectivity index (χ1v) is 17.6. The Hall–Kier alpha value is -3.37. The van der Waals surface area contributed by atoms with Gasteiger partial charge in [-0.15, -0.1) is 0 Å². The van der Waals surface area contributed by atoms with E-state index in [1.807, 2.05) is 6.92 Å². The molecule has 0 aromatic heterocycles. The molecule has 0 fully saturated rings. The second-order valence-electron chi connectivity index (χ2n) is 10.1. The van der Waals surface area contributed by atoms with E-state index >= 15 is 0 Å². The van der Waals surface area contributed by atoms with Crippen LogP contribution in [0.1, 0.15) is 6.92 Å². The molecule has 0 saturated heterocycles. The molecule has 6 aromatic carbocycles. The largest absolute Gasteiger partial charge is 2.00 e. The number of hydrogen-bond donors (Lipinski definition) is 0. The van der Waals surface area contributed by atoms with E-state index < -0.39 is 23.1 Å². The number of halogens is 4. The van der Waals surface area contributed by atoms with Crippen molar-refractivity contribution in [3.8, 4) is 0 Å². The average molecular weight is 773 g/mol. The van der Waals surface area contributed by atoms with Crippen molar-refractivity contribution in [1.29, 1.82) is 0 Å². The van der Waals surface area contributed by atoms with E-state index in [-0.39, 0.29) is 20.4 Å². The maximum Gasteiger partial charge on any atom is 2.00 e. The van der Waals surface area contributed by atoms with Gasteiger partial charge in [-0.25, -0.2) is 0 Å². The Labute approximate surface area is 299 Å². The zero-order chi connectivity index (χ0) is 33.9. The molecule has 0 aliphatic heterocycles. The normalized spacial score (nSPS) is 10.4. The predicted octanol–water partition coefficient (Wildman–Crippen LogP) is 9.44. The van der Waals surface area contributed by atoms with Gasteiger partial charge in [0.15, 0.2) is 0 Å². The van der Waals surface area contributed by atoms with E-state index in [0.29, 0.717) is 0 Å². The second kappa shape index (κ2) is 22.3. The first-order chi connectivity index (χ1) is 22.6. The topological polar surface area (TPSA) is 0 Å². The van der Waals surface area contributed by atoms with Crippen molar-refractivity contribution in [2.24, 2.45) is 0 Å². The van der Waals surface area contributed by atoms with Gasteiger partial charge >= 0.3 is 27.7 Å². The van der Waals surface area contributed by atoms with Crippen LogP contribution in [0.3, 0.4) is 0 Å². The molecule has 0 saturated carbocycles. The summed E-state index contributed by atoms with van der Waals surface area (Å²) < 4.78 is 39.0. The van der Waals surface area contributed by atoms with E-state index in [2.05, 4.69) is 196 Å². The minimum atomic E-state index is -6.00. The summed E-state index contributed by atoms with van der Waals surface area (Å²) >= 11 is 0. The molecule has 247 valence electrons. The SMILES string of the molecule is F[B-](F)(F)F.[CH2][C]([CH2])C.[Pd+2].c1ccc(P(c2ccccc2)c2ccccc2)cc1.c1ccc(P(c2ccccc2)c2ccccc2)cc1. The van der Waals surface area contributed by atoms with Crippen molar-refractivity contribution in [3.63, 3.8) is 0 Å². The van der Waals surface area contributed by atoms with Crippen LogP contribution in [0.4, 0.5) is 17.3 Å². The summed E-state index contributed by atoms with van der Waals surface area (Å²) in [6.07, 6.45) is 0. The molecule has 3 radical (unpaired) electrons. The molecule has 0 aliphatic carbocycles. The first kappa shape index (κ1) is 40.8. The van der Waals surface area contributed by atoms with Gasteiger partial charge in [-0.2, -0.15) is 0 Å². The molecule has 0 heterocycles. The zero-order valence-corrected chi connectivity index (χ0v) is 29.9. The third-order valence-corrected chi connectivity index (χ3v) is 11.0. The van der Waals surface area contributed by atoms with Crippen LogP contribution in [-0.2, 0) is 20.4 Å². The molecule has 0 atom stereocenters. The Morgan fingerprint density at radius 1 is 0.375 bits per heavy atom. The van der Waals surface area contributed by atoms with E-state index in [4.69, 9.17) is 0 Å². The van der Waals surface area contributed by atoms with Crippen LogP contribution in [0.25, 0.3) is 0 Å². The third kappa shape index (κ3) is 15.7. The van der Waals surface area contributed by atoms with Gasteiger partial charge in [0.05, 0.1) is 0 Å². The van der Waals surface area contributed by atoms with Crippen molar-refractivity contribution >= 4 is 54.9 Å². The Kier molecular flexibility index (Phi) is 19.0. The Morgan fingerprint density at radius 3 is 0.583 bits per heavy atom. The quantitative estimate of drug-likeness (QED) is 0.0900. The molecule has 0 spiro atoms. The standard InChI is InChI=1S/2C18H15P.C4H7.BF4.Pd/c2*1-4-10-16(11-5-1)19(17-12-6-2-7-13-17)18-14-8-3-9-15-18;1-4(2)3;2-1(3,4)5;/h2*1-15H;1-2H2,3H3;;/q;;;-1;+2. The number of rotatable bonds is 6. The van der Waals surface area contributed by atoms with Crippen LogP contribution in [0.15, 0.2) is 182 Å². The number of hydrogen-bond acceptors (Lipinski definition) is 0. The van der Waals surface area contributed by atoms with E-state index in [0.717, 1.165) is 5.92 Å². The van der Waals surface area contributed by atoms with Gasteiger partial charge in [-0.3, -0.25) is 0 Å². The minimum absolute atomic E-state index is 0. The summed E-state index contributed by atoms with van der Waals surface area (Å²) in [5, 5.41) is 8.39. The van der Waals surface area contributed by atoms with Crippen LogP contribution in [-0.4, -0.2) is 7.25 Å². The van der Waals surface area contributed by atoms with E-state index in [1.165, 1.54) is 31.8 Å². The maximum atomic E-state index is 9.75. The minimum Gasteiger partial charge on any atom is -0.418 e. The van der Waals surface area contributed by atoms with Gasteiger partial charge in [0.2, 0.25) is 0 Å². The van der Waals surface area contributed by atoms with Gasteiger partial charge in [-0.1, -0.05) is 189 Å². The zero-order valence-electron chi connectivity index (χ0n) is 26.5. The molecule has 0 amide bonds. The van der Waals surface area contributed by atoms with Gasteiger partial charge < -0.3 is 17.3 Å². The molecule has 0 unspecified atom stereocenters. The van der Waals surface area contributed by atoms with Gasteiger partial charge in [-0.05, 0) is 67.4 Å². The first-order valence-electron chi connectivity index (χ1n) is 14.9. The van der Waals surface area contributed by atoms with Crippen LogP contribution < -0.4 is 31.8 Å². The van der Waals surface area contributed by atoms with Crippen LogP contribution in [0.5, 0.6) is 0 Å². The molecule has 8 heteroatoms. The third-order valence-electron chi connectivity index (χ3n) is 6.09. The van der Waals surface area contributed by atoms with Crippen molar-refractivity contribution in [2.45, 2.75) is 6.92 Å². The van der Waals surface area contributed by atoms with Gasteiger partial charge in [0, 0.05) is 0 Å². The maximum absolute atomic E-state index is 9.75. The van der Waals surface area contributed by atoms with Crippen molar-refractivity contribution < 1.29 is 37.7 Å². The summed E-state index contributed by atoms with van der Waals surface area (Å²) in [5.74, 6) is 0.917. The summed E-state index contributed by atoms with van der Waals surface area (Å²) in [4.78, 5) is 0. The fourth-order valence-corrected chi connectivity index (χ4v) is 8.97. The molecule has 48 heavy (non-hydrogen) atoms. The molecule has 0 nitrogen and oxygen atoms in total. The summed E-state index contributed by atoms with van der Waals surface area (Å²) in [6, 6.07) is 64.7. The molecule has 0 aliphatic rings. The van der Waals surface area contributed by atoms with Crippen LogP contribution in [0, 0.1) is 19.8 Å². The molecular formula is C40H37BF4P2Pd+. The summed E-state index contributed by atoms with van der Waals surface area (Å²) in [6.45, 7) is 8.75. The van der Waals surface area contributed by atoms with Crippen molar-refractivity contribution in [1.82, 2.24) is 0 Å². The molecule has 0 N–H and O–H groups in total. The Bertz CT molecular complexity index is 1330. The molecule has 6 rings (SSSR count). The van der Waals surface area contributed by atoms with Crippen LogP contribution >= 0.6 is 15.8 Å². The number of benzene rings is 6. The fraction of sp³-hybridized carbons (Fsp3) is 0.0250. The van der Waals surface area contributed by atoms with E-state index in [9.17, 15) is 17.3 Å². The van der Waals surface area contributed by atoms with Gasteiger partial charge in [0.25, 0.3) is 0 Å². The smallest absolute Gasteiger partial charge is 0.418 e. The summed E-state index contributed by atoms with van der Waals surface area (Å²) in [5.41, 5.74) is 0. The molecule has 0 bridgehead atoms. The second-order valence-corrected chi connectivity index (χ2v) is 14.6. The van der Waals surface area contributed by atoms with Gasteiger partial charge in [0.1, 0.15) is 0 Å². The monoisotopic (exact) mass is 772 g/mol. The summed E-state index contributed by atoms with van der Waals surface area (Å²) in [7, 11) is -6.89. The Balaban J connectivity index is 0.000000263. The van der Waals surface area contributed by atoms with Crippen molar-refractivity contribution in [3.05, 3.63) is 202 Å². The Morgan fingerprint density at radius 2 is 0.479 bits per heavy atom. The average Bonchev–Trinajstić information content (AvgIpc) is 3.07. The predicted molar refractivity (Wildman–Crippen MR) is 200 cm³/mol. The molecule has 6 aromatic rings. The van der Waals surface area contributed by atoms with Crippen LogP contribution in [0.2, 0.25) is 0 Å². The van der Waals surface area contributed by atoms with Crippen molar-refractivity contribution in [2.75, 3.05) is 0 Å².